The first-order valence-corrected chi connectivity index (χ1v) is 17.1. The Morgan fingerprint density at radius 1 is 0.353 bits per heavy atom. The maximum absolute atomic E-state index is 6.55. The van der Waals surface area contributed by atoms with E-state index in [0.717, 1.165) is 94.1 Å². The third-order valence-electron chi connectivity index (χ3n) is 9.67. The third kappa shape index (κ3) is 4.96. The van der Waals surface area contributed by atoms with Crippen molar-refractivity contribution in [1.82, 2.24) is 15.0 Å². The lowest BCUT2D eigenvalue weighted by atomic mass is 9.89. The number of hydrogen-bond acceptors (Lipinski definition) is 4. The second kappa shape index (κ2) is 11.9. The summed E-state index contributed by atoms with van der Waals surface area (Å²) in [6, 6.07) is 60.7. The first kappa shape index (κ1) is 29.0. The highest BCUT2D eigenvalue weighted by Crippen LogP contribution is 2.46. The average molecular weight is 652 g/mol. The fourth-order valence-corrected chi connectivity index (χ4v) is 7.30. The molecule has 10 rings (SSSR count). The van der Waals surface area contributed by atoms with Crippen molar-refractivity contribution in [2.75, 3.05) is 0 Å². The van der Waals surface area contributed by atoms with Crippen molar-refractivity contribution in [1.29, 1.82) is 0 Å². The van der Waals surface area contributed by atoms with Crippen LogP contribution in [0.5, 0.6) is 0 Å². The number of pyridine rings is 1. The number of fused-ring (bicyclic) bond motifs is 6. The Labute approximate surface area is 294 Å². The minimum Gasteiger partial charge on any atom is -0.456 e. The van der Waals surface area contributed by atoms with E-state index in [1.807, 2.05) is 48.5 Å². The zero-order valence-electron chi connectivity index (χ0n) is 27.5. The van der Waals surface area contributed by atoms with Gasteiger partial charge in [0.05, 0.1) is 22.6 Å². The van der Waals surface area contributed by atoms with Crippen LogP contribution in [-0.2, 0) is 0 Å². The molecule has 0 amide bonds. The summed E-state index contributed by atoms with van der Waals surface area (Å²) < 4.78 is 6.55. The Kier molecular flexibility index (Phi) is 6.78. The smallest absolute Gasteiger partial charge is 0.160 e. The molecule has 0 fully saturated rings. The largest absolute Gasteiger partial charge is 0.456 e. The molecule has 4 nitrogen and oxygen atoms in total. The average Bonchev–Trinajstić information content (AvgIpc) is 3.59. The van der Waals surface area contributed by atoms with E-state index >= 15 is 0 Å². The van der Waals surface area contributed by atoms with Crippen LogP contribution in [0.2, 0.25) is 0 Å². The quantitative estimate of drug-likeness (QED) is 0.174. The zero-order chi connectivity index (χ0) is 33.7. The Morgan fingerprint density at radius 2 is 0.902 bits per heavy atom. The molecule has 0 bridgehead atoms. The fourth-order valence-electron chi connectivity index (χ4n) is 7.30. The van der Waals surface area contributed by atoms with Crippen LogP contribution in [0.25, 0.3) is 99.9 Å². The predicted molar refractivity (Wildman–Crippen MR) is 209 cm³/mol. The molecule has 10 aromatic rings. The highest BCUT2D eigenvalue weighted by atomic mass is 16.3. The van der Waals surface area contributed by atoms with Crippen molar-refractivity contribution in [3.8, 4) is 56.3 Å². The second-order valence-electron chi connectivity index (χ2n) is 12.8. The molecule has 3 heterocycles. The molecule has 3 aromatic heterocycles. The standard InChI is InChI=1S/C47H29N3O/c1-4-14-30(15-5-1)39-29-40(31-16-6-2-7-17-31)50-47(49-39)34-26-24-33(25-27-34)46-37-28-42-45(36-21-11-13-23-41(36)51-42)43(32-18-8-3-9-19-32)44(37)35-20-10-12-22-38(35)48-46/h1-29H. The van der Waals surface area contributed by atoms with Gasteiger partial charge in [-0.1, -0.05) is 152 Å². The third-order valence-corrected chi connectivity index (χ3v) is 9.67. The van der Waals surface area contributed by atoms with E-state index in [1.54, 1.807) is 0 Å². The Morgan fingerprint density at radius 3 is 1.57 bits per heavy atom. The minimum absolute atomic E-state index is 0.674. The number of rotatable bonds is 5. The van der Waals surface area contributed by atoms with Gasteiger partial charge in [-0.2, -0.15) is 0 Å². The van der Waals surface area contributed by atoms with Crippen LogP contribution in [-0.4, -0.2) is 15.0 Å². The van der Waals surface area contributed by atoms with Gasteiger partial charge in [-0.15, -0.1) is 0 Å². The monoisotopic (exact) mass is 651 g/mol. The number of benzene rings is 7. The summed E-state index contributed by atoms with van der Waals surface area (Å²) in [5.74, 6) is 0.674. The van der Waals surface area contributed by atoms with E-state index in [0.29, 0.717) is 5.82 Å². The van der Waals surface area contributed by atoms with Crippen LogP contribution in [0.3, 0.4) is 0 Å². The summed E-state index contributed by atoms with van der Waals surface area (Å²) in [7, 11) is 0. The van der Waals surface area contributed by atoms with Crippen LogP contribution in [0.1, 0.15) is 0 Å². The summed E-state index contributed by atoms with van der Waals surface area (Å²) in [6.45, 7) is 0. The highest BCUT2D eigenvalue weighted by molar-refractivity contribution is 6.27. The van der Waals surface area contributed by atoms with Gasteiger partial charge in [-0.25, -0.2) is 15.0 Å². The van der Waals surface area contributed by atoms with Crippen LogP contribution in [0, 0.1) is 0 Å². The van der Waals surface area contributed by atoms with Gasteiger partial charge in [0.25, 0.3) is 0 Å². The zero-order valence-corrected chi connectivity index (χ0v) is 27.5. The molecule has 0 saturated heterocycles. The first-order valence-electron chi connectivity index (χ1n) is 17.1. The molecule has 4 heteroatoms. The molecule has 0 spiro atoms. The lowest BCUT2D eigenvalue weighted by Gasteiger charge is -2.16. The maximum Gasteiger partial charge on any atom is 0.160 e. The van der Waals surface area contributed by atoms with E-state index in [4.69, 9.17) is 19.4 Å². The van der Waals surface area contributed by atoms with Crippen LogP contribution in [0.4, 0.5) is 0 Å². The molecule has 0 aliphatic heterocycles. The van der Waals surface area contributed by atoms with Crippen molar-refractivity contribution in [2.24, 2.45) is 0 Å². The van der Waals surface area contributed by atoms with Gasteiger partial charge >= 0.3 is 0 Å². The number of aromatic nitrogens is 3. The number of nitrogens with zero attached hydrogens (tertiary/aromatic N) is 3. The van der Waals surface area contributed by atoms with Gasteiger partial charge in [0.2, 0.25) is 0 Å². The summed E-state index contributed by atoms with van der Waals surface area (Å²) >= 11 is 0. The molecular formula is C47H29N3O. The Hall–Kier alpha value is -6.91. The number of furan rings is 1. The Bertz CT molecular complexity index is 2820. The fraction of sp³-hybridized carbons (Fsp3) is 0. The molecular weight excluding hydrogens is 623 g/mol. The van der Waals surface area contributed by atoms with Gasteiger partial charge < -0.3 is 4.42 Å². The summed E-state index contributed by atoms with van der Waals surface area (Å²) in [6.07, 6.45) is 0. The van der Waals surface area contributed by atoms with Crippen molar-refractivity contribution >= 4 is 43.6 Å². The van der Waals surface area contributed by atoms with Crippen LogP contribution in [0.15, 0.2) is 180 Å². The molecule has 238 valence electrons. The van der Waals surface area contributed by atoms with Gasteiger partial charge in [-0.3, -0.25) is 0 Å². The van der Waals surface area contributed by atoms with Crippen molar-refractivity contribution in [3.63, 3.8) is 0 Å². The molecule has 0 unspecified atom stereocenters. The first-order chi connectivity index (χ1) is 25.3. The van der Waals surface area contributed by atoms with Crippen molar-refractivity contribution in [3.05, 3.63) is 176 Å². The van der Waals surface area contributed by atoms with Crippen molar-refractivity contribution in [2.45, 2.75) is 0 Å². The maximum atomic E-state index is 6.55. The van der Waals surface area contributed by atoms with E-state index < -0.39 is 0 Å². The topological polar surface area (TPSA) is 51.8 Å². The number of para-hydroxylation sites is 2. The van der Waals surface area contributed by atoms with Gasteiger partial charge in [0.15, 0.2) is 5.82 Å². The molecule has 0 aliphatic rings. The molecule has 0 saturated carbocycles. The minimum atomic E-state index is 0.674. The molecule has 0 aliphatic carbocycles. The van der Waals surface area contributed by atoms with Crippen LogP contribution < -0.4 is 0 Å². The van der Waals surface area contributed by atoms with Gasteiger partial charge in [0.1, 0.15) is 11.2 Å². The molecule has 51 heavy (non-hydrogen) atoms. The van der Waals surface area contributed by atoms with E-state index in [9.17, 15) is 0 Å². The second-order valence-corrected chi connectivity index (χ2v) is 12.8. The number of hydrogen-bond donors (Lipinski definition) is 0. The summed E-state index contributed by atoms with van der Waals surface area (Å²) in [5, 5.41) is 5.54. The lowest BCUT2D eigenvalue weighted by molar-refractivity contribution is 0.669. The highest BCUT2D eigenvalue weighted by Gasteiger charge is 2.21. The molecule has 0 atom stereocenters. The molecule has 0 N–H and O–H groups in total. The van der Waals surface area contributed by atoms with Gasteiger partial charge in [-0.05, 0) is 29.8 Å². The Balaban J connectivity index is 1.20. The molecule has 7 aromatic carbocycles. The summed E-state index contributed by atoms with van der Waals surface area (Å²) in [5.41, 5.74) is 11.7. The van der Waals surface area contributed by atoms with Crippen molar-refractivity contribution < 1.29 is 4.42 Å². The van der Waals surface area contributed by atoms with Gasteiger partial charge in [0, 0.05) is 54.7 Å². The predicted octanol–water partition coefficient (Wildman–Crippen LogP) is 12.4. The molecule has 0 radical (unpaired) electrons. The lowest BCUT2D eigenvalue weighted by Crippen LogP contribution is -1.96. The van der Waals surface area contributed by atoms with Crippen LogP contribution >= 0.6 is 0 Å². The van der Waals surface area contributed by atoms with E-state index in [-0.39, 0.29) is 0 Å². The van der Waals surface area contributed by atoms with E-state index in [2.05, 4.69) is 127 Å². The SMILES string of the molecule is c1ccc(-c2cc(-c3ccccc3)nc(-c3ccc(-c4nc5ccccc5c5c(-c6ccccc6)c6c(cc45)oc4ccccc46)cc3)n2)cc1. The van der Waals surface area contributed by atoms with E-state index in [1.165, 1.54) is 0 Å². The summed E-state index contributed by atoms with van der Waals surface area (Å²) in [4.78, 5) is 15.4. The normalized spacial score (nSPS) is 11.5.